The Labute approximate surface area is 158 Å². The van der Waals surface area contributed by atoms with Crippen LogP contribution < -0.4 is 5.32 Å². The summed E-state index contributed by atoms with van der Waals surface area (Å²) in [5, 5.41) is 13.3. The molecule has 1 heterocycles. The van der Waals surface area contributed by atoms with Crippen molar-refractivity contribution in [1.29, 1.82) is 0 Å². The molecule has 4 rings (SSSR count). The van der Waals surface area contributed by atoms with Gasteiger partial charge in [0.05, 0.1) is 17.2 Å². The molecule has 1 aromatic heterocycles. The van der Waals surface area contributed by atoms with Gasteiger partial charge in [0.15, 0.2) is 0 Å². The molecule has 0 aromatic carbocycles. The van der Waals surface area contributed by atoms with Crippen molar-refractivity contribution in [3.63, 3.8) is 0 Å². The van der Waals surface area contributed by atoms with Gasteiger partial charge < -0.3 is 10.4 Å². The van der Waals surface area contributed by atoms with Crippen LogP contribution >= 0.6 is 11.3 Å². The number of hydrogen-bond acceptors (Lipinski definition) is 5. The van der Waals surface area contributed by atoms with Gasteiger partial charge in [-0.15, -0.1) is 11.3 Å². The summed E-state index contributed by atoms with van der Waals surface area (Å²) >= 11 is 1.53. The van der Waals surface area contributed by atoms with E-state index in [0.717, 1.165) is 47.3 Å². The van der Waals surface area contributed by atoms with Crippen molar-refractivity contribution in [2.45, 2.75) is 64.0 Å². The van der Waals surface area contributed by atoms with Crippen LogP contribution in [0, 0.1) is 18.8 Å². The van der Waals surface area contributed by atoms with E-state index in [2.05, 4.69) is 15.2 Å². The van der Waals surface area contributed by atoms with Crippen molar-refractivity contribution >= 4 is 23.2 Å². The van der Waals surface area contributed by atoms with Crippen molar-refractivity contribution < 1.29 is 14.7 Å². The maximum atomic E-state index is 12.6. The number of nitrogens with zero attached hydrogens (tertiary/aromatic N) is 2. The molecule has 1 amide bonds. The monoisotopic (exact) mass is 377 g/mol. The standard InChI is InChI=1S/C19H27N3O3S/c1-11-18(26-16(20-11)6-12-2-3-12)19(25)21-14-7-15(8-14)22(10-17(23)24)9-13-4-5-13/h12-15H,2-10H2,1H3,(H,21,25)(H,23,24). The Morgan fingerprint density at radius 1 is 1.23 bits per heavy atom. The number of nitrogens with one attached hydrogen (secondary N) is 1. The number of amides is 1. The lowest BCUT2D eigenvalue weighted by molar-refractivity contribution is -0.139. The number of carbonyl (C=O) groups excluding carboxylic acids is 1. The van der Waals surface area contributed by atoms with Gasteiger partial charge in [-0.3, -0.25) is 14.5 Å². The largest absolute Gasteiger partial charge is 0.480 e. The second kappa shape index (κ2) is 7.27. The van der Waals surface area contributed by atoms with Crippen LogP contribution in [-0.4, -0.2) is 52.0 Å². The maximum Gasteiger partial charge on any atom is 0.317 e. The summed E-state index contributed by atoms with van der Waals surface area (Å²) in [7, 11) is 0. The quantitative estimate of drug-likeness (QED) is 0.691. The van der Waals surface area contributed by atoms with E-state index >= 15 is 0 Å². The van der Waals surface area contributed by atoms with E-state index < -0.39 is 5.97 Å². The van der Waals surface area contributed by atoms with E-state index in [4.69, 9.17) is 5.11 Å². The fraction of sp³-hybridized carbons (Fsp3) is 0.737. The minimum absolute atomic E-state index is 0.0162. The van der Waals surface area contributed by atoms with E-state index in [1.807, 2.05) is 6.92 Å². The van der Waals surface area contributed by atoms with Crippen LogP contribution in [0.4, 0.5) is 0 Å². The average molecular weight is 378 g/mol. The van der Waals surface area contributed by atoms with Gasteiger partial charge in [-0.2, -0.15) is 0 Å². The minimum Gasteiger partial charge on any atom is -0.480 e. The highest BCUT2D eigenvalue weighted by Gasteiger charge is 2.38. The highest BCUT2D eigenvalue weighted by Crippen LogP contribution is 2.35. The third-order valence-electron chi connectivity index (χ3n) is 5.70. The highest BCUT2D eigenvalue weighted by molar-refractivity contribution is 7.13. The highest BCUT2D eigenvalue weighted by atomic mass is 32.1. The summed E-state index contributed by atoms with van der Waals surface area (Å²) in [4.78, 5) is 31.1. The van der Waals surface area contributed by atoms with Crippen LogP contribution in [-0.2, 0) is 11.2 Å². The Morgan fingerprint density at radius 3 is 2.54 bits per heavy atom. The second-order valence-electron chi connectivity index (χ2n) is 8.23. The molecule has 2 N–H and O–H groups in total. The lowest BCUT2D eigenvalue weighted by Gasteiger charge is -2.42. The predicted octanol–water partition coefficient (Wildman–Crippen LogP) is 2.46. The molecule has 0 atom stereocenters. The topological polar surface area (TPSA) is 82.5 Å². The zero-order chi connectivity index (χ0) is 18.3. The summed E-state index contributed by atoms with van der Waals surface area (Å²) in [5.41, 5.74) is 0.834. The summed E-state index contributed by atoms with van der Waals surface area (Å²) in [6.07, 6.45) is 7.72. The SMILES string of the molecule is Cc1nc(CC2CC2)sc1C(=O)NC1CC(N(CC(=O)O)CC2CC2)C1. The van der Waals surface area contributed by atoms with Crippen molar-refractivity contribution in [2.24, 2.45) is 11.8 Å². The van der Waals surface area contributed by atoms with Gasteiger partial charge in [0.25, 0.3) is 5.91 Å². The molecule has 0 unspecified atom stereocenters. The third-order valence-corrected chi connectivity index (χ3v) is 6.88. The molecular formula is C19H27N3O3S. The molecule has 142 valence electrons. The van der Waals surface area contributed by atoms with Crippen LogP contribution in [0.2, 0.25) is 0 Å². The lowest BCUT2D eigenvalue weighted by Crippen LogP contribution is -2.55. The summed E-state index contributed by atoms with van der Waals surface area (Å²) in [6, 6.07) is 0.432. The van der Waals surface area contributed by atoms with E-state index in [-0.39, 0.29) is 24.5 Å². The Bertz CT molecular complexity index is 690. The molecule has 0 bridgehead atoms. The van der Waals surface area contributed by atoms with Crippen molar-refractivity contribution in [3.8, 4) is 0 Å². The van der Waals surface area contributed by atoms with E-state index in [1.54, 1.807) is 0 Å². The smallest absolute Gasteiger partial charge is 0.317 e. The molecule has 26 heavy (non-hydrogen) atoms. The van der Waals surface area contributed by atoms with E-state index in [1.165, 1.54) is 37.0 Å². The molecule has 0 aliphatic heterocycles. The number of aliphatic carboxylic acids is 1. The number of thiazole rings is 1. The fourth-order valence-electron chi connectivity index (χ4n) is 3.72. The zero-order valence-corrected chi connectivity index (χ0v) is 16.1. The van der Waals surface area contributed by atoms with Crippen LogP contribution in [0.15, 0.2) is 0 Å². The van der Waals surface area contributed by atoms with Crippen molar-refractivity contribution in [3.05, 3.63) is 15.6 Å². The summed E-state index contributed by atoms with van der Waals surface area (Å²) in [5.74, 6) is 0.669. The van der Waals surface area contributed by atoms with Gasteiger partial charge in [0.2, 0.25) is 0 Å². The first-order chi connectivity index (χ1) is 12.5. The van der Waals surface area contributed by atoms with E-state index in [9.17, 15) is 9.59 Å². The van der Waals surface area contributed by atoms with Crippen LogP contribution in [0.1, 0.15) is 58.9 Å². The molecule has 3 aliphatic rings. The van der Waals surface area contributed by atoms with Gasteiger partial charge in [0, 0.05) is 25.0 Å². The number of hydrogen-bond donors (Lipinski definition) is 2. The zero-order valence-electron chi connectivity index (χ0n) is 15.2. The van der Waals surface area contributed by atoms with Gasteiger partial charge >= 0.3 is 5.97 Å². The van der Waals surface area contributed by atoms with Crippen LogP contribution in [0.5, 0.6) is 0 Å². The second-order valence-corrected chi connectivity index (χ2v) is 9.32. The lowest BCUT2D eigenvalue weighted by atomic mass is 9.85. The van der Waals surface area contributed by atoms with Crippen molar-refractivity contribution in [1.82, 2.24) is 15.2 Å². The van der Waals surface area contributed by atoms with Crippen LogP contribution in [0.3, 0.4) is 0 Å². The molecule has 7 heteroatoms. The van der Waals surface area contributed by atoms with Crippen molar-refractivity contribution in [2.75, 3.05) is 13.1 Å². The molecular weight excluding hydrogens is 350 g/mol. The van der Waals surface area contributed by atoms with E-state index in [0.29, 0.717) is 5.92 Å². The van der Waals surface area contributed by atoms with Gasteiger partial charge in [0.1, 0.15) is 4.88 Å². The first-order valence-corrected chi connectivity index (χ1v) is 10.5. The Kier molecular flexibility index (Phi) is 5.01. The first kappa shape index (κ1) is 17.9. The van der Waals surface area contributed by atoms with Gasteiger partial charge in [-0.25, -0.2) is 4.98 Å². The molecule has 0 radical (unpaired) electrons. The van der Waals surface area contributed by atoms with Crippen LogP contribution in [0.25, 0.3) is 0 Å². The predicted molar refractivity (Wildman–Crippen MR) is 99.5 cm³/mol. The molecule has 1 aromatic rings. The number of carbonyl (C=O) groups is 2. The number of carboxylic acid groups (broad SMARTS) is 1. The Morgan fingerprint density at radius 2 is 1.92 bits per heavy atom. The average Bonchev–Trinajstić information content (AvgIpc) is 3.43. The number of carboxylic acids is 1. The number of rotatable bonds is 9. The third kappa shape index (κ3) is 4.43. The summed E-state index contributed by atoms with van der Waals surface area (Å²) < 4.78 is 0. The summed E-state index contributed by atoms with van der Waals surface area (Å²) in [6.45, 7) is 2.91. The molecule has 3 fully saturated rings. The normalized spacial score (nSPS) is 25.2. The van der Waals surface area contributed by atoms with Gasteiger partial charge in [-0.05, 0) is 57.3 Å². The molecule has 0 saturated heterocycles. The number of aromatic nitrogens is 1. The molecule has 3 saturated carbocycles. The molecule has 0 spiro atoms. The fourth-order valence-corrected chi connectivity index (χ4v) is 4.80. The minimum atomic E-state index is -0.762. The number of aryl methyl sites for hydroxylation is 1. The Balaban J connectivity index is 1.28. The van der Waals surface area contributed by atoms with Gasteiger partial charge in [-0.1, -0.05) is 0 Å². The molecule has 6 nitrogen and oxygen atoms in total. The first-order valence-electron chi connectivity index (χ1n) is 9.71. The maximum absolute atomic E-state index is 12.6. The molecule has 3 aliphatic carbocycles. The Hall–Kier alpha value is -1.47.